The van der Waals surface area contributed by atoms with Crippen LogP contribution in [0, 0.1) is 0 Å². The van der Waals surface area contributed by atoms with Crippen LogP contribution < -0.4 is 11.3 Å². The molecule has 0 amide bonds. The molecule has 0 saturated carbocycles. The first-order valence-electron chi connectivity index (χ1n) is 4.66. The first-order valence-corrected chi connectivity index (χ1v) is 6.05. The van der Waals surface area contributed by atoms with Gasteiger partial charge in [-0.25, -0.2) is 5.43 Å². The molecule has 0 aliphatic carbocycles. The van der Waals surface area contributed by atoms with Gasteiger partial charge in [0.25, 0.3) is 0 Å². The third-order valence-electron chi connectivity index (χ3n) is 2.12. The molecule has 3 N–H and O–H groups in total. The van der Waals surface area contributed by atoms with E-state index in [1.54, 1.807) is 0 Å². The molecular weight excluding hydrogens is 184 g/mol. The molecule has 13 heavy (non-hydrogen) atoms. The summed E-state index contributed by atoms with van der Waals surface area (Å²) < 4.78 is 5.54. The third kappa shape index (κ3) is 3.58. The van der Waals surface area contributed by atoms with Crippen molar-refractivity contribution in [3.8, 4) is 0 Å². The summed E-state index contributed by atoms with van der Waals surface area (Å²) >= 11 is 1.83. The molecule has 0 aromatic heterocycles. The van der Waals surface area contributed by atoms with Gasteiger partial charge in [0.2, 0.25) is 0 Å². The maximum atomic E-state index is 5.54. The smallest absolute Gasteiger partial charge is 0.110 e. The van der Waals surface area contributed by atoms with Crippen molar-refractivity contribution in [1.82, 2.24) is 5.43 Å². The lowest BCUT2D eigenvalue weighted by Crippen LogP contribution is -2.38. The number of nitrogens with two attached hydrogens (primary N) is 1. The van der Waals surface area contributed by atoms with Crippen molar-refractivity contribution in [3.63, 3.8) is 0 Å². The molecule has 1 heterocycles. The van der Waals surface area contributed by atoms with E-state index in [-0.39, 0.29) is 6.04 Å². The first kappa shape index (κ1) is 10.9. The quantitative estimate of drug-likeness (QED) is 0.520. The molecule has 0 aromatic rings. The van der Waals surface area contributed by atoms with Gasteiger partial charge in [-0.05, 0) is 37.3 Å². The predicted octanol–water partition coefficient (Wildman–Crippen LogP) is 1.27. The number of hydrogen-bond acceptors (Lipinski definition) is 4. The van der Waals surface area contributed by atoms with Crippen molar-refractivity contribution in [2.75, 3.05) is 18.6 Å². The number of rotatable bonds is 5. The Kier molecular flexibility index (Phi) is 5.27. The van der Waals surface area contributed by atoms with Gasteiger partial charge in [-0.1, -0.05) is 0 Å². The van der Waals surface area contributed by atoms with Gasteiger partial charge in [0.15, 0.2) is 0 Å². The molecule has 1 atom stereocenters. The van der Waals surface area contributed by atoms with Crippen LogP contribution >= 0.6 is 11.8 Å². The molecule has 1 unspecified atom stereocenters. The van der Waals surface area contributed by atoms with Crippen LogP contribution in [0.3, 0.4) is 0 Å². The van der Waals surface area contributed by atoms with Crippen molar-refractivity contribution in [2.24, 2.45) is 5.84 Å². The number of ether oxygens (including phenoxy) is 1. The van der Waals surface area contributed by atoms with Crippen molar-refractivity contribution in [3.05, 3.63) is 11.8 Å². The molecular formula is C9H18N2OS. The number of thioether (sulfide) groups is 1. The Morgan fingerprint density at radius 1 is 1.77 bits per heavy atom. The second kappa shape index (κ2) is 6.29. The Bertz CT molecular complexity index is 173. The first-order chi connectivity index (χ1) is 6.38. The largest absolute Gasteiger partial charge is 0.497 e. The lowest BCUT2D eigenvalue weighted by molar-refractivity contribution is 0.166. The fourth-order valence-electron chi connectivity index (χ4n) is 1.36. The molecule has 3 nitrogen and oxygen atoms in total. The van der Waals surface area contributed by atoms with Crippen molar-refractivity contribution in [2.45, 2.75) is 25.3 Å². The third-order valence-corrected chi connectivity index (χ3v) is 2.76. The summed E-state index contributed by atoms with van der Waals surface area (Å²) in [4.78, 5) is 0. The van der Waals surface area contributed by atoms with Crippen LogP contribution in [0.1, 0.15) is 19.3 Å². The van der Waals surface area contributed by atoms with Crippen LogP contribution in [0.4, 0.5) is 0 Å². The van der Waals surface area contributed by atoms with Gasteiger partial charge in [-0.2, -0.15) is 11.8 Å². The van der Waals surface area contributed by atoms with Gasteiger partial charge >= 0.3 is 0 Å². The number of hydrazine groups is 1. The van der Waals surface area contributed by atoms with E-state index in [4.69, 9.17) is 10.6 Å². The van der Waals surface area contributed by atoms with Crippen LogP contribution in [-0.4, -0.2) is 24.7 Å². The molecule has 0 fully saturated rings. The molecule has 0 bridgehead atoms. The fraction of sp³-hybridized carbons (Fsp3) is 0.778. The minimum absolute atomic E-state index is 0.202. The monoisotopic (exact) mass is 202 g/mol. The van der Waals surface area contributed by atoms with E-state index in [1.165, 1.54) is 0 Å². The summed E-state index contributed by atoms with van der Waals surface area (Å²) in [6.45, 7) is 0.837. The van der Waals surface area contributed by atoms with Crippen molar-refractivity contribution in [1.29, 1.82) is 0 Å². The molecule has 1 aliphatic rings. The zero-order valence-corrected chi connectivity index (χ0v) is 8.90. The van der Waals surface area contributed by atoms with Gasteiger partial charge in [0.1, 0.15) is 5.76 Å². The van der Waals surface area contributed by atoms with E-state index < -0.39 is 0 Å². The molecule has 0 aromatic carbocycles. The Morgan fingerprint density at radius 3 is 3.15 bits per heavy atom. The Morgan fingerprint density at radius 2 is 2.62 bits per heavy atom. The van der Waals surface area contributed by atoms with Gasteiger partial charge in [0.05, 0.1) is 12.6 Å². The average molecular weight is 202 g/mol. The summed E-state index contributed by atoms with van der Waals surface area (Å²) in [5, 5.41) is 0. The average Bonchev–Trinajstić information content (AvgIpc) is 2.21. The highest BCUT2D eigenvalue weighted by Gasteiger charge is 2.15. The van der Waals surface area contributed by atoms with Crippen LogP contribution in [0.25, 0.3) is 0 Å². The highest BCUT2D eigenvalue weighted by Crippen LogP contribution is 2.16. The maximum absolute atomic E-state index is 5.54. The van der Waals surface area contributed by atoms with Gasteiger partial charge in [0, 0.05) is 0 Å². The topological polar surface area (TPSA) is 47.3 Å². The lowest BCUT2D eigenvalue weighted by Gasteiger charge is -2.22. The molecule has 1 aliphatic heterocycles. The summed E-state index contributed by atoms with van der Waals surface area (Å²) in [5.41, 5.74) is 2.80. The number of hydrogen-bond donors (Lipinski definition) is 2. The van der Waals surface area contributed by atoms with E-state index in [0.29, 0.717) is 0 Å². The highest BCUT2D eigenvalue weighted by atomic mass is 32.2. The summed E-state index contributed by atoms with van der Waals surface area (Å²) in [5.74, 6) is 7.60. The van der Waals surface area contributed by atoms with Crippen LogP contribution in [-0.2, 0) is 4.74 Å². The number of nitrogens with one attached hydrogen (secondary N) is 1. The standard InChI is InChI=1S/C9H18N2OS/c1-13-7-5-8(11-10)9-4-2-3-6-12-9/h4,8,11H,2-3,5-7,10H2,1H3. The van der Waals surface area contributed by atoms with E-state index >= 15 is 0 Å². The van der Waals surface area contributed by atoms with Crippen LogP contribution in [0.2, 0.25) is 0 Å². The zero-order valence-electron chi connectivity index (χ0n) is 8.08. The van der Waals surface area contributed by atoms with Crippen molar-refractivity contribution >= 4 is 11.8 Å². The normalized spacial score (nSPS) is 19.1. The van der Waals surface area contributed by atoms with Crippen molar-refractivity contribution < 1.29 is 4.74 Å². The minimum atomic E-state index is 0.202. The summed E-state index contributed by atoms with van der Waals surface area (Å²) in [6.07, 6.45) is 7.53. The maximum Gasteiger partial charge on any atom is 0.110 e. The van der Waals surface area contributed by atoms with Gasteiger partial charge in [-0.3, -0.25) is 5.84 Å². The summed E-state index contributed by atoms with van der Waals surface area (Å²) in [6, 6.07) is 0.202. The SMILES string of the molecule is CSCCC(NN)C1=CCCCO1. The molecule has 1 rings (SSSR count). The Balaban J connectivity index is 2.39. The van der Waals surface area contributed by atoms with E-state index in [0.717, 1.165) is 37.4 Å². The summed E-state index contributed by atoms with van der Waals surface area (Å²) in [7, 11) is 0. The molecule has 0 radical (unpaired) electrons. The molecule has 0 spiro atoms. The van der Waals surface area contributed by atoms with Gasteiger partial charge < -0.3 is 4.74 Å². The Hall–Kier alpha value is -0.190. The second-order valence-corrected chi connectivity index (χ2v) is 4.08. The zero-order chi connectivity index (χ0) is 9.52. The predicted molar refractivity (Wildman–Crippen MR) is 57.4 cm³/mol. The lowest BCUT2D eigenvalue weighted by atomic mass is 10.1. The van der Waals surface area contributed by atoms with Gasteiger partial charge in [-0.15, -0.1) is 0 Å². The fourth-order valence-corrected chi connectivity index (χ4v) is 1.83. The van der Waals surface area contributed by atoms with Crippen LogP contribution in [0.15, 0.2) is 11.8 Å². The number of allylic oxidation sites excluding steroid dienone is 1. The van der Waals surface area contributed by atoms with Crippen LogP contribution in [0.5, 0.6) is 0 Å². The van der Waals surface area contributed by atoms with E-state index in [2.05, 4.69) is 17.8 Å². The second-order valence-electron chi connectivity index (χ2n) is 3.10. The Labute approximate surface area is 84.1 Å². The van der Waals surface area contributed by atoms with E-state index in [1.807, 2.05) is 11.8 Å². The van der Waals surface area contributed by atoms with E-state index in [9.17, 15) is 0 Å². The molecule has 76 valence electrons. The highest BCUT2D eigenvalue weighted by molar-refractivity contribution is 7.98. The minimum Gasteiger partial charge on any atom is -0.497 e. The molecule has 4 heteroatoms. The molecule has 0 saturated heterocycles.